The van der Waals surface area contributed by atoms with E-state index in [1.165, 1.54) is 11.1 Å². The van der Waals surface area contributed by atoms with Crippen LogP contribution in [-0.4, -0.2) is 29.4 Å². The summed E-state index contributed by atoms with van der Waals surface area (Å²) in [5.41, 5.74) is 5.73. The molecule has 1 fully saturated rings. The number of aliphatic hydroxyl groups excluding tert-OH is 1. The SMILES string of the molecule is Cc1sc(C2OCCO2)cc1[C@H](O)c1cc(Cl)ccc1CCI.c1ccc2c(c1)CCOC2. The van der Waals surface area contributed by atoms with E-state index in [1.54, 1.807) is 11.3 Å². The molecule has 2 aliphatic rings. The van der Waals surface area contributed by atoms with E-state index in [9.17, 15) is 5.11 Å². The maximum absolute atomic E-state index is 10.9. The lowest BCUT2D eigenvalue weighted by molar-refractivity contribution is -0.0414. The van der Waals surface area contributed by atoms with Crippen molar-refractivity contribution in [2.24, 2.45) is 0 Å². The van der Waals surface area contributed by atoms with Gasteiger partial charge in [0.2, 0.25) is 0 Å². The van der Waals surface area contributed by atoms with Crippen molar-refractivity contribution in [3.05, 3.63) is 91.1 Å². The van der Waals surface area contributed by atoms with Gasteiger partial charge in [0.1, 0.15) is 6.10 Å². The van der Waals surface area contributed by atoms with Crippen LogP contribution >= 0.6 is 45.5 Å². The number of aliphatic hydroxyl groups is 1. The Hall–Kier alpha value is -1.00. The number of alkyl halides is 1. The minimum absolute atomic E-state index is 0.298. The summed E-state index contributed by atoms with van der Waals surface area (Å²) < 4.78 is 17.4. The van der Waals surface area contributed by atoms with Crippen LogP contribution in [0.5, 0.6) is 0 Å². The van der Waals surface area contributed by atoms with Crippen LogP contribution in [0.15, 0.2) is 48.5 Å². The van der Waals surface area contributed by atoms with E-state index in [0.717, 1.165) is 56.9 Å². The number of ether oxygens (including phenoxy) is 3. The number of aryl methyl sites for hydroxylation is 2. The van der Waals surface area contributed by atoms with Crippen molar-refractivity contribution < 1.29 is 19.3 Å². The predicted octanol–water partition coefficient (Wildman–Crippen LogP) is 6.57. The highest BCUT2D eigenvalue weighted by atomic mass is 127. The van der Waals surface area contributed by atoms with E-state index in [0.29, 0.717) is 18.2 Å². The highest BCUT2D eigenvalue weighted by Gasteiger charge is 2.25. The van der Waals surface area contributed by atoms with Gasteiger partial charge >= 0.3 is 0 Å². The van der Waals surface area contributed by atoms with Gasteiger partial charge < -0.3 is 19.3 Å². The number of fused-ring (bicyclic) bond motifs is 1. The lowest BCUT2D eigenvalue weighted by Gasteiger charge is -2.16. The molecule has 1 N–H and O–H groups in total. The first kappa shape index (κ1) is 25.1. The first-order valence-corrected chi connectivity index (χ1v) is 13.8. The molecule has 0 bridgehead atoms. The molecule has 1 saturated heterocycles. The highest BCUT2D eigenvalue weighted by Crippen LogP contribution is 2.38. The number of hydrogen-bond acceptors (Lipinski definition) is 5. The first-order valence-electron chi connectivity index (χ1n) is 11.1. The van der Waals surface area contributed by atoms with Crippen LogP contribution in [0.2, 0.25) is 5.02 Å². The zero-order valence-electron chi connectivity index (χ0n) is 18.6. The monoisotopic (exact) mass is 598 g/mol. The average Bonchev–Trinajstić information content (AvgIpc) is 3.50. The van der Waals surface area contributed by atoms with Gasteiger partial charge in [-0.2, -0.15) is 0 Å². The molecule has 0 unspecified atom stereocenters. The summed E-state index contributed by atoms with van der Waals surface area (Å²) in [5, 5.41) is 11.6. The molecule has 176 valence electrons. The van der Waals surface area contributed by atoms with Gasteiger partial charge in [0, 0.05) is 14.3 Å². The fraction of sp³-hybridized carbons (Fsp3) is 0.385. The van der Waals surface area contributed by atoms with E-state index in [2.05, 4.69) is 46.9 Å². The molecular weight excluding hydrogens is 571 g/mol. The predicted molar refractivity (Wildman–Crippen MR) is 142 cm³/mol. The quantitative estimate of drug-likeness (QED) is 0.267. The van der Waals surface area contributed by atoms with Gasteiger partial charge in [0.05, 0.1) is 31.3 Å². The lowest BCUT2D eigenvalue weighted by Crippen LogP contribution is -2.08. The van der Waals surface area contributed by atoms with Gasteiger partial charge in [-0.25, -0.2) is 0 Å². The largest absolute Gasteiger partial charge is 0.384 e. The highest BCUT2D eigenvalue weighted by molar-refractivity contribution is 14.1. The van der Waals surface area contributed by atoms with Crippen LogP contribution in [0.3, 0.4) is 0 Å². The minimum Gasteiger partial charge on any atom is -0.384 e. The first-order chi connectivity index (χ1) is 16.1. The van der Waals surface area contributed by atoms with Gasteiger partial charge in [-0.15, -0.1) is 11.3 Å². The molecule has 0 spiro atoms. The standard InChI is InChI=1S/C17H18ClIO3S.C9H10O/c1-10-13(9-15(23-10)17-21-6-7-22-17)16(20)14-8-12(18)3-2-11(14)4-5-19;1-2-4-9-7-10-6-5-8(9)3-1/h2-3,8-9,16-17,20H,4-7H2,1H3;1-4H,5-7H2/t16-;/m0./s1. The Labute approximate surface area is 218 Å². The molecule has 33 heavy (non-hydrogen) atoms. The van der Waals surface area contributed by atoms with E-state index in [-0.39, 0.29) is 6.29 Å². The van der Waals surface area contributed by atoms with E-state index in [4.69, 9.17) is 25.8 Å². The van der Waals surface area contributed by atoms with Crippen molar-refractivity contribution >= 4 is 45.5 Å². The summed E-state index contributed by atoms with van der Waals surface area (Å²) >= 11 is 10.1. The number of halogens is 2. The lowest BCUT2D eigenvalue weighted by atomic mass is 9.96. The smallest absolute Gasteiger partial charge is 0.193 e. The van der Waals surface area contributed by atoms with Crippen molar-refractivity contribution in [1.82, 2.24) is 0 Å². The normalized spacial score (nSPS) is 16.7. The van der Waals surface area contributed by atoms with Crippen LogP contribution in [0.1, 0.15) is 50.0 Å². The molecule has 1 atom stereocenters. The Morgan fingerprint density at radius 1 is 1.06 bits per heavy atom. The van der Waals surface area contributed by atoms with Crippen LogP contribution in [-0.2, 0) is 33.7 Å². The number of thiophene rings is 1. The molecule has 5 rings (SSSR count). The van der Waals surface area contributed by atoms with E-state index < -0.39 is 6.10 Å². The van der Waals surface area contributed by atoms with Crippen molar-refractivity contribution in [3.63, 3.8) is 0 Å². The number of hydrogen-bond donors (Lipinski definition) is 1. The Balaban J connectivity index is 0.000000214. The molecule has 3 aromatic rings. The summed E-state index contributed by atoms with van der Waals surface area (Å²) in [4.78, 5) is 2.08. The van der Waals surface area contributed by atoms with Crippen LogP contribution < -0.4 is 0 Å². The maximum Gasteiger partial charge on any atom is 0.193 e. The summed E-state index contributed by atoms with van der Waals surface area (Å²) in [5.74, 6) is 0. The summed E-state index contributed by atoms with van der Waals surface area (Å²) in [7, 11) is 0. The Morgan fingerprint density at radius 3 is 2.55 bits per heavy atom. The zero-order chi connectivity index (χ0) is 23.2. The molecule has 0 saturated carbocycles. The molecular formula is C26H28ClIO4S. The van der Waals surface area contributed by atoms with Gasteiger partial charge in [-0.1, -0.05) is 64.5 Å². The number of benzene rings is 2. The molecule has 0 aliphatic carbocycles. The van der Waals surface area contributed by atoms with E-state index >= 15 is 0 Å². The molecule has 2 aliphatic heterocycles. The van der Waals surface area contributed by atoms with E-state index in [1.807, 2.05) is 31.2 Å². The van der Waals surface area contributed by atoms with Crippen molar-refractivity contribution in [3.8, 4) is 0 Å². The summed E-state index contributed by atoms with van der Waals surface area (Å²) in [6.45, 7) is 4.94. The Bertz CT molecular complexity index is 1040. The fourth-order valence-corrected chi connectivity index (χ4v) is 5.88. The fourth-order valence-electron chi connectivity index (χ4n) is 4.05. The molecule has 7 heteroatoms. The topological polar surface area (TPSA) is 47.9 Å². The van der Waals surface area contributed by atoms with Crippen molar-refractivity contribution in [1.29, 1.82) is 0 Å². The second kappa shape index (κ2) is 12.1. The van der Waals surface area contributed by atoms with Gasteiger partial charge in [-0.05, 0) is 65.8 Å². The maximum atomic E-state index is 10.9. The molecule has 0 radical (unpaired) electrons. The average molecular weight is 599 g/mol. The van der Waals surface area contributed by atoms with Crippen LogP contribution in [0.25, 0.3) is 0 Å². The third-order valence-electron chi connectivity index (χ3n) is 5.78. The summed E-state index contributed by atoms with van der Waals surface area (Å²) in [6, 6.07) is 16.2. The minimum atomic E-state index is -0.682. The van der Waals surface area contributed by atoms with Gasteiger partial charge in [0.15, 0.2) is 6.29 Å². The Kier molecular flexibility index (Phi) is 9.21. The molecule has 0 amide bonds. The third-order valence-corrected chi connectivity index (χ3v) is 7.64. The molecule has 2 aromatic carbocycles. The van der Waals surface area contributed by atoms with Gasteiger partial charge in [-0.3, -0.25) is 0 Å². The van der Waals surface area contributed by atoms with Gasteiger partial charge in [0.25, 0.3) is 0 Å². The number of rotatable bonds is 5. The third kappa shape index (κ3) is 6.36. The van der Waals surface area contributed by atoms with Crippen molar-refractivity contribution in [2.45, 2.75) is 38.8 Å². The van der Waals surface area contributed by atoms with Crippen LogP contribution in [0.4, 0.5) is 0 Å². The Morgan fingerprint density at radius 2 is 1.82 bits per heavy atom. The van der Waals surface area contributed by atoms with Crippen molar-refractivity contribution in [2.75, 3.05) is 24.2 Å². The second-order valence-corrected chi connectivity index (χ2v) is 10.8. The molecule has 3 heterocycles. The molecule has 4 nitrogen and oxygen atoms in total. The van der Waals surface area contributed by atoms with Crippen LogP contribution in [0, 0.1) is 6.92 Å². The zero-order valence-corrected chi connectivity index (χ0v) is 22.3. The summed E-state index contributed by atoms with van der Waals surface area (Å²) in [6.07, 6.45) is 1.01. The molecule has 1 aromatic heterocycles. The second-order valence-electron chi connectivity index (χ2n) is 7.99.